The molecule has 0 amide bonds. The number of hydrogen-bond acceptors (Lipinski definition) is 1. The second-order valence-electron chi connectivity index (χ2n) is 3.77. The maximum Gasteiger partial charge on any atom is 0.115 e. The van der Waals surface area contributed by atoms with Crippen molar-refractivity contribution in [2.24, 2.45) is 17.8 Å². The first kappa shape index (κ1) is 9.53. The van der Waals surface area contributed by atoms with Crippen molar-refractivity contribution in [3.05, 3.63) is 0 Å². The van der Waals surface area contributed by atoms with Crippen LogP contribution in [-0.4, -0.2) is 11.1 Å². The summed E-state index contributed by atoms with van der Waals surface area (Å²) in [6.45, 7) is 8.97. The molecule has 1 nitrogen and oxygen atoms in total. The topological polar surface area (TPSA) is 9.23 Å². The van der Waals surface area contributed by atoms with Crippen LogP contribution in [0.3, 0.4) is 0 Å². The highest BCUT2D eigenvalue weighted by Gasteiger charge is 2.35. The van der Waals surface area contributed by atoms with Crippen molar-refractivity contribution in [2.45, 2.75) is 38.8 Å². The molecule has 1 heterocycles. The first-order valence-electron chi connectivity index (χ1n) is 4.33. The van der Waals surface area contributed by atoms with E-state index in [1.807, 2.05) is 0 Å². The van der Waals surface area contributed by atoms with E-state index in [1.165, 1.54) is 0 Å². The summed E-state index contributed by atoms with van der Waals surface area (Å²) in [6.07, 6.45) is 0.394. The van der Waals surface area contributed by atoms with Gasteiger partial charge in [0.2, 0.25) is 0 Å². The van der Waals surface area contributed by atoms with Crippen molar-refractivity contribution in [3.8, 4) is 0 Å². The van der Waals surface area contributed by atoms with E-state index in [0.717, 1.165) is 5.92 Å². The fraction of sp³-hybridized carbons (Fsp3) is 1.00. The van der Waals surface area contributed by atoms with Gasteiger partial charge >= 0.3 is 0 Å². The number of rotatable bonds is 0. The Morgan fingerprint density at radius 3 is 2.00 bits per heavy atom. The molecule has 0 spiro atoms. The smallest absolute Gasteiger partial charge is 0.115 e. The Labute approximate surface area is 77.6 Å². The lowest BCUT2D eigenvalue weighted by atomic mass is 9.80. The summed E-state index contributed by atoms with van der Waals surface area (Å²) in [5, 5.41) is 0.253. The molecular weight excluding hydrogens is 204 g/mol. The van der Waals surface area contributed by atoms with E-state index in [2.05, 4.69) is 43.6 Å². The van der Waals surface area contributed by atoms with Gasteiger partial charge in [-0.1, -0.05) is 36.7 Å². The second kappa shape index (κ2) is 3.44. The quantitative estimate of drug-likeness (QED) is 0.571. The van der Waals surface area contributed by atoms with Crippen molar-refractivity contribution >= 4 is 15.9 Å². The van der Waals surface area contributed by atoms with Crippen LogP contribution in [-0.2, 0) is 4.74 Å². The minimum atomic E-state index is 0.253. The SMILES string of the molecule is CC1O[C@@H](Br)C(C)C(C)[C@H]1C. The van der Waals surface area contributed by atoms with Crippen LogP contribution in [0.2, 0.25) is 0 Å². The van der Waals surface area contributed by atoms with Gasteiger partial charge in [-0.3, -0.25) is 0 Å². The molecule has 1 aliphatic rings. The molecule has 0 radical (unpaired) electrons. The van der Waals surface area contributed by atoms with E-state index in [-0.39, 0.29) is 5.01 Å². The Morgan fingerprint density at radius 2 is 1.45 bits per heavy atom. The van der Waals surface area contributed by atoms with Crippen LogP contribution in [0.4, 0.5) is 0 Å². The first-order valence-corrected chi connectivity index (χ1v) is 5.25. The fourth-order valence-corrected chi connectivity index (χ4v) is 2.42. The molecule has 0 aromatic heterocycles. The van der Waals surface area contributed by atoms with Gasteiger partial charge < -0.3 is 4.74 Å². The summed E-state index contributed by atoms with van der Waals surface area (Å²) in [6, 6.07) is 0. The van der Waals surface area contributed by atoms with E-state index < -0.39 is 0 Å². The zero-order valence-corrected chi connectivity index (χ0v) is 9.26. The summed E-state index contributed by atoms with van der Waals surface area (Å²) in [7, 11) is 0. The van der Waals surface area contributed by atoms with Crippen molar-refractivity contribution in [1.29, 1.82) is 0 Å². The molecule has 11 heavy (non-hydrogen) atoms. The molecule has 5 atom stereocenters. The van der Waals surface area contributed by atoms with Crippen LogP contribution >= 0.6 is 15.9 Å². The molecule has 3 unspecified atom stereocenters. The van der Waals surface area contributed by atoms with Gasteiger partial charge in [-0.2, -0.15) is 0 Å². The third-order valence-corrected chi connectivity index (χ3v) is 4.21. The molecule has 1 rings (SSSR count). The zero-order valence-electron chi connectivity index (χ0n) is 7.67. The Bertz CT molecular complexity index is 124. The molecule has 0 saturated carbocycles. The lowest BCUT2D eigenvalue weighted by molar-refractivity contribution is -0.0809. The van der Waals surface area contributed by atoms with Crippen LogP contribution < -0.4 is 0 Å². The van der Waals surface area contributed by atoms with E-state index >= 15 is 0 Å². The van der Waals surface area contributed by atoms with Crippen LogP contribution in [0, 0.1) is 17.8 Å². The summed E-state index contributed by atoms with van der Waals surface area (Å²) in [4.78, 5) is 0. The normalized spacial score (nSPS) is 52.6. The monoisotopic (exact) mass is 220 g/mol. The van der Waals surface area contributed by atoms with E-state index in [1.54, 1.807) is 0 Å². The van der Waals surface area contributed by atoms with Crippen molar-refractivity contribution in [2.75, 3.05) is 0 Å². The van der Waals surface area contributed by atoms with Gasteiger partial charge in [0.1, 0.15) is 5.01 Å². The van der Waals surface area contributed by atoms with E-state index in [9.17, 15) is 0 Å². The Balaban J connectivity index is 2.63. The number of alkyl halides is 1. The van der Waals surface area contributed by atoms with E-state index in [4.69, 9.17) is 4.74 Å². The van der Waals surface area contributed by atoms with Gasteiger partial charge in [0, 0.05) is 0 Å². The van der Waals surface area contributed by atoms with Gasteiger partial charge in [0.25, 0.3) is 0 Å². The second-order valence-corrected chi connectivity index (χ2v) is 4.67. The third kappa shape index (κ3) is 1.78. The molecule has 1 saturated heterocycles. The fourth-order valence-electron chi connectivity index (χ4n) is 1.60. The highest BCUT2D eigenvalue weighted by atomic mass is 79.9. The van der Waals surface area contributed by atoms with Gasteiger partial charge in [-0.25, -0.2) is 0 Å². The highest BCUT2D eigenvalue weighted by Crippen LogP contribution is 2.36. The average molecular weight is 221 g/mol. The predicted molar refractivity (Wildman–Crippen MR) is 50.8 cm³/mol. The summed E-state index contributed by atoms with van der Waals surface area (Å²) >= 11 is 3.54. The largest absolute Gasteiger partial charge is 0.363 e. The van der Waals surface area contributed by atoms with Gasteiger partial charge in [-0.15, -0.1) is 0 Å². The molecule has 0 aromatic rings. The molecule has 0 bridgehead atoms. The average Bonchev–Trinajstić information content (AvgIpc) is 1.97. The number of halogens is 1. The summed E-state index contributed by atoms with van der Waals surface area (Å²) < 4.78 is 5.70. The molecule has 0 aromatic carbocycles. The molecule has 66 valence electrons. The maximum atomic E-state index is 5.70. The lowest BCUT2D eigenvalue weighted by Gasteiger charge is -2.40. The highest BCUT2D eigenvalue weighted by molar-refractivity contribution is 9.09. The van der Waals surface area contributed by atoms with Gasteiger partial charge in [-0.05, 0) is 24.7 Å². The zero-order chi connectivity index (χ0) is 8.59. The first-order chi connectivity index (χ1) is 5.04. The maximum absolute atomic E-state index is 5.70. The molecule has 0 aliphatic carbocycles. The summed E-state index contributed by atoms with van der Waals surface area (Å²) in [5.41, 5.74) is 0. The Morgan fingerprint density at radius 1 is 0.909 bits per heavy atom. The molecular formula is C9H17BrO. The predicted octanol–water partition coefficient (Wildman–Crippen LogP) is 3.03. The lowest BCUT2D eigenvalue weighted by Crippen LogP contribution is -2.40. The molecule has 1 fully saturated rings. The molecule has 2 heteroatoms. The van der Waals surface area contributed by atoms with E-state index in [0.29, 0.717) is 17.9 Å². The van der Waals surface area contributed by atoms with Crippen LogP contribution in [0.25, 0.3) is 0 Å². The van der Waals surface area contributed by atoms with Crippen LogP contribution in [0.15, 0.2) is 0 Å². The van der Waals surface area contributed by atoms with Crippen molar-refractivity contribution in [1.82, 2.24) is 0 Å². The minimum Gasteiger partial charge on any atom is -0.363 e. The van der Waals surface area contributed by atoms with Crippen LogP contribution in [0.1, 0.15) is 27.7 Å². The van der Waals surface area contributed by atoms with Gasteiger partial charge in [0.05, 0.1) is 6.10 Å². The van der Waals surface area contributed by atoms with Crippen LogP contribution in [0.5, 0.6) is 0 Å². The van der Waals surface area contributed by atoms with Gasteiger partial charge in [0.15, 0.2) is 0 Å². The Kier molecular flexibility index (Phi) is 2.98. The summed E-state index contributed by atoms with van der Waals surface area (Å²) in [5.74, 6) is 2.06. The molecule has 0 N–H and O–H groups in total. The Hall–Kier alpha value is 0.440. The molecule has 1 aliphatic heterocycles. The minimum absolute atomic E-state index is 0.253. The van der Waals surface area contributed by atoms with Crippen molar-refractivity contribution < 1.29 is 4.74 Å². The van der Waals surface area contributed by atoms with Crippen molar-refractivity contribution in [3.63, 3.8) is 0 Å². The number of hydrogen-bond donors (Lipinski definition) is 0. The number of ether oxygens (including phenoxy) is 1. The standard InChI is InChI=1S/C9H17BrO/c1-5-6(2)8(4)11-9(10)7(5)3/h5-9H,1-4H3/t5?,6-,7?,8?,9-/m1/s1. The third-order valence-electron chi connectivity index (χ3n) is 3.16.